The van der Waals surface area contributed by atoms with Gasteiger partial charge in [-0.3, -0.25) is 9.59 Å². The number of piperidine rings is 1. The Labute approximate surface area is 157 Å². The lowest BCUT2D eigenvalue weighted by Gasteiger charge is -2.39. The SMILES string of the molecule is O=C1NCc2cccc(C(=O)N3C4CCC3CC(c3ccc(F)cc3)C4)c21. The molecule has 4 nitrogen and oxygen atoms in total. The van der Waals surface area contributed by atoms with Crippen LogP contribution in [0.25, 0.3) is 0 Å². The van der Waals surface area contributed by atoms with E-state index in [9.17, 15) is 14.0 Å². The Bertz CT molecular complexity index is 910. The zero-order chi connectivity index (χ0) is 18.5. The molecule has 2 saturated heterocycles. The van der Waals surface area contributed by atoms with Crippen molar-refractivity contribution in [1.29, 1.82) is 0 Å². The van der Waals surface area contributed by atoms with Gasteiger partial charge in [-0.1, -0.05) is 24.3 Å². The van der Waals surface area contributed by atoms with Gasteiger partial charge in [0, 0.05) is 18.6 Å². The lowest BCUT2D eigenvalue weighted by atomic mass is 9.84. The summed E-state index contributed by atoms with van der Waals surface area (Å²) in [6.07, 6.45) is 3.79. The fraction of sp³-hybridized carbons (Fsp3) is 0.364. The second kappa shape index (κ2) is 6.19. The fourth-order valence-corrected chi connectivity index (χ4v) is 5.11. The van der Waals surface area contributed by atoms with Crippen molar-refractivity contribution in [3.63, 3.8) is 0 Å². The summed E-state index contributed by atoms with van der Waals surface area (Å²) >= 11 is 0. The van der Waals surface area contributed by atoms with Crippen molar-refractivity contribution in [3.8, 4) is 0 Å². The summed E-state index contributed by atoms with van der Waals surface area (Å²) in [5.41, 5.74) is 3.13. The number of hydrogen-bond acceptors (Lipinski definition) is 2. The third-order valence-electron chi connectivity index (χ3n) is 6.36. The van der Waals surface area contributed by atoms with Crippen molar-refractivity contribution in [2.45, 2.75) is 50.2 Å². The lowest BCUT2D eigenvalue weighted by molar-refractivity contribution is 0.0568. The van der Waals surface area contributed by atoms with Gasteiger partial charge >= 0.3 is 0 Å². The predicted molar refractivity (Wildman–Crippen MR) is 99.0 cm³/mol. The van der Waals surface area contributed by atoms with E-state index in [1.165, 1.54) is 12.1 Å². The van der Waals surface area contributed by atoms with Crippen molar-refractivity contribution in [1.82, 2.24) is 10.2 Å². The van der Waals surface area contributed by atoms with Gasteiger partial charge in [0.2, 0.25) is 0 Å². The smallest absolute Gasteiger partial charge is 0.255 e. The first kappa shape index (κ1) is 16.5. The van der Waals surface area contributed by atoms with Gasteiger partial charge in [0.1, 0.15) is 5.82 Å². The molecule has 5 heteroatoms. The summed E-state index contributed by atoms with van der Waals surface area (Å²) in [5, 5.41) is 2.81. The van der Waals surface area contributed by atoms with Crippen LogP contribution in [0.15, 0.2) is 42.5 Å². The van der Waals surface area contributed by atoms with Crippen LogP contribution >= 0.6 is 0 Å². The van der Waals surface area contributed by atoms with Gasteiger partial charge in [-0.2, -0.15) is 0 Å². The Morgan fingerprint density at radius 2 is 1.74 bits per heavy atom. The second-order valence-electron chi connectivity index (χ2n) is 7.84. The molecule has 27 heavy (non-hydrogen) atoms. The van der Waals surface area contributed by atoms with E-state index >= 15 is 0 Å². The highest BCUT2D eigenvalue weighted by Gasteiger charge is 2.44. The van der Waals surface area contributed by atoms with E-state index < -0.39 is 0 Å². The molecule has 0 saturated carbocycles. The largest absolute Gasteiger partial charge is 0.348 e. The normalized spacial score (nSPS) is 26.0. The zero-order valence-electron chi connectivity index (χ0n) is 15.0. The maximum Gasteiger partial charge on any atom is 0.255 e. The maximum atomic E-state index is 13.4. The molecule has 0 aliphatic carbocycles. The number of nitrogens with one attached hydrogen (secondary N) is 1. The lowest BCUT2D eigenvalue weighted by Crippen LogP contribution is -2.46. The van der Waals surface area contributed by atoms with Gasteiger partial charge in [0.25, 0.3) is 11.8 Å². The molecule has 5 rings (SSSR count). The highest BCUT2D eigenvalue weighted by Crippen LogP contribution is 2.44. The molecule has 2 unspecified atom stereocenters. The first-order valence-electron chi connectivity index (χ1n) is 9.60. The van der Waals surface area contributed by atoms with Crippen molar-refractivity contribution >= 4 is 11.8 Å². The molecule has 0 spiro atoms. The maximum absolute atomic E-state index is 13.4. The van der Waals surface area contributed by atoms with Crippen LogP contribution in [0.3, 0.4) is 0 Å². The van der Waals surface area contributed by atoms with Crippen LogP contribution in [0.2, 0.25) is 0 Å². The summed E-state index contributed by atoms with van der Waals surface area (Å²) in [6, 6.07) is 12.7. The van der Waals surface area contributed by atoms with E-state index in [1.807, 2.05) is 29.2 Å². The Morgan fingerprint density at radius 1 is 1.04 bits per heavy atom. The fourth-order valence-electron chi connectivity index (χ4n) is 5.11. The van der Waals surface area contributed by atoms with E-state index in [0.29, 0.717) is 23.6 Å². The van der Waals surface area contributed by atoms with Gasteiger partial charge < -0.3 is 10.2 Å². The Hall–Kier alpha value is -2.69. The van der Waals surface area contributed by atoms with E-state index in [-0.39, 0.29) is 29.7 Å². The summed E-state index contributed by atoms with van der Waals surface area (Å²) < 4.78 is 13.2. The highest BCUT2D eigenvalue weighted by molar-refractivity contribution is 6.09. The number of carbonyl (C=O) groups excluding carboxylic acids is 2. The minimum Gasteiger partial charge on any atom is -0.348 e. The van der Waals surface area contributed by atoms with Crippen LogP contribution in [-0.4, -0.2) is 28.8 Å². The van der Waals surface area contributed by atoms with Crippen molar-refractivity contribution in [3.05, 3.63) is 70.5 Å². The molecule has 2 bridgehead atoms. The number of nitrogens with zero attached hydrogens (tertiary/aromatic N) is 1. The molecule has 3 heterocycles. The van der Waals surface area contributed by atoms with Gasteiger partial charge in [-0.05, 0) is 60.9 Å². The van der Waals surface area contributed by atoms with E-state index in [1.54, 1.807) is 6.07 Å². The van der Waals surface area contributed by atoms with Crippen LogP contribution in [0.1, 0.15) is 63.4 Å². The summed E-state index contributed by atoms with van der Waals surface area (Å²) in [4.78, 5) is 27.6. The van der Waals surface area contributed by atoms with Gasteiger partial charge in [0.15, 0.2) is 0 Å². The number of benzene rings is 2. The quantitative estimate of drug-likeness (QED) is 0.885. The molecule has 1 N–H and O–H groups in total. The Balaban J connectivity index is 1.42. The van der Waals surface area contributed by atoms with Crippen molar-refractivity contribution < 1.29 is 14.0 Å². The van der Waals surface area contributed by atoms with Crippen molar-refractivity contribution in [2.75, 3.05) is 0 Å². The minimum absolute atomic E-state index is 0.0195. The van der Waals surface area contributed by atoms with Crippen LogP contribution in [-0.2, 0) is 6.54 Å². The van der Waals surface area contributed by atoms with Crippen LogP contribution in [0.4, 0.5) is 4.39 Å². The molecule has 2 aromatic carbocycles. The molecule has 2 atom stereocenters. The standard InChI is InChI=1S/C22H21FN2O2/c23-16-6-4-13(5-7-16)15-10-17-8-9-18(11-15)25(17)22(27)19-3-1-2-14-12-24-21(26)20(14)19/h1-7,15,17-18H,8-12H2,(H,24,26). The molecule has 2 fully saturated rings. The van der Waals surface area contributed by atoms with E-state index in [4.69, 9.17) is 0 Å². The molecule has 138 valence electrons. The number of hydrogen-bond donors (Lipinski definition) is 1. The van der Waals surface area contributed by atoms with Gasteiger partial charge in [-0.25, -0.2) is 4.39 Å². The monoisotopic (exact) mass is 364 g/mol. The summed E-state index contributed by atoms with van der Waals surface area (Å²) in [5.74, 6) is -0.0288. The number of fused-ring (bicyclic) bond motifs is 3. The predicted octanol–water partition coefficient (Wildman–Crippen LogP) is 3.62. The number of amides is 2. The van der Waals surface area contributed by atoms with Crippen LogP contribution in [0.5, 0.6) is 0 Å². The van der Waals surface area contributed by atoms with E-state index in [0.717, 1.165) is 36.8 Å². The van der Waals surface area contributed by atoms with Gasteiger partial charge in [-0.15, -0.1) is 0 Å². The zero-order valence-corrected chi connectivity index (χ0v) is 15.0. The summed E-state index contributed by atoms with van der Waals surface area (Å²) in [6.45, 7) is 0.495. The summed E-state index contributed by atoms with van der Waals surface area (Å²) in [7, 11) is 0. The first-order valence-corrected chi connectivity index (χ1v) is 9.60. The van der Waals surface area contributed by atoms with Crippen LogP contribution in [0, 0.1) is 5.82 Å². The van der Waals surface area contributed by atoms with Crippen LogP contribution < -0.4 is 5.32 Å². The Morgan fingerprint density at radius 3 is 2.44 bits per heavy atom. The van der Waals surface area contributed by atoms with Gasteiger partial charge in [0.05, 0.1) is 11.1 Å². The molecule has 0 radical (unpaired) electrons. The minimum atomic E-state index is -0.217. The molecule has 3 aliphatic rings. The third kappa shape index (κ3) is 2.64. The number of rotatable bonds is 2. The number of carbonyl (C=O) groups is 2. The average Bonchev–Trinajstić information content (AvgIpc) is 3.18. The third-order valence-corrected chi connectivity index (χ3v) is 6.36. The average molecular weight is 364 g/mol. The Kier molecular flexibility index (Phi) is 3.78. The molecule has 2 aromatic rings. The van der Waals surface area contributed by atoms with E-state index in [2.05, 4.69) is 5.32 Å². The topological polar surface area (TPSA) is 49.4 Å². The second-order valence-corrected chi connectivity index (χ2v) is 7.84. The highest BCUT2D eigenvalue weighted by atomic mass is 19.1. The molecular formula is C22H21FN2O2. The van der Waals surface area contributed by atoms with Crippen molar-refractivity contribution in [2.24, 2.45) is 0 Å². The first-order chi connectivity index (χ1) is 13.1. The molecular weight excluding hydrogens is 343 g/mol. The molecule has 3 aliphatic heterocycles. The molecule has 0 aromatic heterocycles. The number of halogens is 1. The molecule has 2 amide bonds.